The first kappa shape index (κ1) is 12.6. The summed E-state index contributed by atoms with van der Waals surface area (Å²) in [6.45, 7) is 6.81. The van der Waals surface area contributed by atoms with E-state index in [9.17, 15) is 0 Å². The Balaban J connectivity index is 2.74. The number of hydrogen-bond acceptors (Lipinski definition) is 4. The molecule has 1 atom stereocenters. The van der Waals surface area contributed by atoms with Gasteiger partial charge in [-0.3, -0.25) is 0 Å². The van der Waals surface area contributed by atoms with Gasteiger partial charge in [0.1, 0.15) is 0 Å². The molecule has 4 heteroatoms. The highest BCUT2D eigenvalue weighted by molar-refractivity contribution is 7.11. The van der Waals surface area contributed by atoms with Gasteiger partial charge in [-0.05, 0) is 20.3 Å². The van der Waals surface area contributed by atoms with Crippen LogP contribution in [-0.4, -0.2) is 24.2 Å². The molecule has 0 spiro atoms. The molecule has 1 unspecified atom stereocenters. The molecule has 0 saturated carbocycles. The fourth-order valence-corrected chi connectivity index (χ4v) is 2.57. The van der Waals surface area contributed by atoms with Gasteiger partial charge in [-0.25, -0.2) is 4.98 Å². The second-order valence-corrected chi connectivity index (χ2v) is 5.36. The van der Waals surface area contributed by atoms with Crippen molar-refractivity contribution >= 4 is 11.3 Å². The van der Waals surface area contributed by atoms with E-state index in [-0.39, 0.29) is 5.54 Å². The minimum atomic E-state index is -0.272. The van der Waals surface area contributed by atoms with Gasteiger partial charge < -0.3 is 10.5 Å². The Hall–Kier alpha value is -0.450. The summed E-state index contributed by atoms with van der Waals surface area (Å²) in [7, 11) is 1.69. The summed E-state index contributed by atoms with van der Waals surface area (Å²) in [6, 6.07) is 0. The maximum atomic E-state index is 6.24. The van der Waals surface area contributed by atoms with E-state index in [0.717, 1.165) is 23.5 Å². The Morgan fingerprint density at radius 2 is 2.13 bits per heavy atom. The fourth-order valence-electron chi connectivity index (χ4n) is 1.48. The highest BCUT2D eigenvalue weighted by Gasteiger charge is 2.24. The highest BCUT2D eigenvalue weighted by atomic mass is 32.1. The summed E-state index contributed by atoms with van der Waals surface area (Å²) in [5, 5.41) is 1.12. The van der Waals surface area contributed by atoms with Crippen molar-refractivity contribution in [2.75, 3.05) is 13.7 Å². The van der Waals surface area contributed by atoms with E-state index in [4.69, 9.17) is 10.5 Å². The number of rotatable bonds is 5. The van der Waals surface area contributed by atoms with Gasteiger partial charge in [0, 0.05) is 23.9 Å². The Morgan fingerprint density at radius 3 is 2.53 bits per heavy atom. The lowest BCUT2D eigenvalue weighted by Crippen LogP contribution is -2.45. The molecule has 0 radical (unpaired) electrons. The minimum Gasteiger partial charge on any atom is -0.383 e. The van der Waals surface area contributed by atoms with E-state index in [0.29, 0.717) is 6.61 Å². The van der Waals surface area contributed by atoms with Crippen molar-refractivity contribution in [3.63, 3.8) is 0 Å². The number of thiazole rings is 1. The van der Waals surface area contributed by atoms with Crippen molar-refractivity contribution in [2.45, 2.75) is 39.2 Å². The molecule has 0 aromatic carbocycles. The van der Waals surface area contributed by atoms with Gasteiger partial charge in [0.2, 0.25) is 0 Å². The number of nitrogens with two attached hydrogens (primary N) is 1. The van der Waals surface area contributed by atoms with Crippen molar-refractivity contribution in [1.82, 2.24) is 4.98 Å². The van der Waals surface area contributed by atoms with Crippen LogP contribution in [0.4, 0.5) is 0 Å². The van der Waals surface area contributed by atoms with E-state index in [1.807, 2.05) is 6.92 Å². The van der Waals surface area contributed by atoms with Gasteiger partial charge in [-0.15, -0.1) is 11.3 Å². The normalized spacial score (nSPS) is 15.3. The zero-order chi connectivity index (χ0) is 11.5. The monoisotopic (exact) mass is 228 g/mol. The molecule has 3 nitrogen and oxygen atoms in total. The third kappa shape index (κ3) is 3.26. The largest absolute Gasteiger partial charge is 0.383 e. The molecule has 0 aliphatic rings. The number of aryl methyl sites for hydroxylation is 2. The van der Waals surface area contributed by atoms with Crippen molar-refractivity contribution < 1.29 is 4.74 Å². The van der Waals surface area contributed by atoms with Gasteiger partial charge in [0.25, 0.3) is 0 Å². The third-order valence-corrected chi connectivity index (χ3v) is 3.78. The summed E-state index contributed by atoms with van der Waals surface area (Å²) in [5.41, 5.74) is 7.09. The maximum Gasteiger partial charge on any atom is 0.0950 e. The van der Waals surface area contributed by atoms with Gasteiger partial charge >= 0.3 is 0 Å². The number of aromatic nitrogens is 1. The van der Waals surface area contributed by atoms with E-state index in [1.165, 1.54) is 4.88 Å². The van der Waals surface area contributed by atoms with Gasteiger partial charge in [-0.1, -0.05) is 6.92 Å². The van der Waals surface area contributed by atoms with Crippen molar-refractivity contribution in [1.29, 1.82) is 0 Å². The predicted molar refractivity (Wildman–Crippen MR) is 64.4 cm³/mol. The van der Waals surface area contributed by atoms with E-state index >= 15 is 0 Å². The summed E-state index contributed by atoms with van der Waals surface area (Å²) in [5.74, 6) is 0. The molecule has 0 amide bonds. The molecule has 0 aliphatic heterocycles. The van der Waals surface area contributed by atoms with Crippen LogP contribution in [0.2, 0.25) is 0 Å². The van der Waals surface area contributed by atoms with Gasteiger partial charge in [0.05, 0.1) is 17.3 Å². The molecule has 0 bridgehead atoms. The molecule has 0 saturated heterocycles. The molecular weight excluding hydrogens is 208 g/mol. The summed E-state index contributed by atoms with van der Waals surface area (Å²) >= 11 is 1.74. The lowest BCUT2D eigenvalue weighted by atomic mass is 9.95. The molecule has 2 N–H and O–H groups in total. The zero-order valence-electron chi connectivity index (χ0n) is 9.96. The van der Waals surface area contributed by atoms with Crippen LogP contribution in [-0.2, 0) is 11.2 Å². The van der Waals surface area contributed by atoms with Crippen LogP contribution in [0.25, 0.3) is 0 Å². The average molecular weight is 228 g/mol. The van der Waals surface area contributed by atoms with Crippen LogP contribution in [0.1, 0.15) is 28.9 Å². The first-order chi connectivity index (χ1) is 7.00. The van der Waals surface area contributed by atoms with Crippen LogP contribution >= 0.6 is 11.3 Å². The van der Waals surface area contributed by atoms with Crippen molar-refractivity contribution in [3.05, 3.63) is 15.6 Å². The van der Waals surface area contributed by atoms with Crippen molar-refractivity contribution in [3.8, 4) is 0 Å². The Morgan fingerprint density at radius 1 is 1.47 bits per heavy atom. The van der Waals surface area contributed by atoms with Crippen LogP contribution in [0, 0.1) is 13.8 Å². The van der Waals surface area contributed by atoms with E-state index in [2.05, 4.69) is 18.8 Å². The Labute approximate surface area is 95.7 Å². The van der Waals surface area contributed by atoms with Gasteiger partial charge in [-0.2, -0.15) is 0 Å². The molecule has 86 valence electrons. The number of nitrogens with zero attached hydrogens (tertiary/aromatic N) is 1. The fraction of sp³-hybridized carbons (Fsp3) is 0.727. The van der Waals surface area contributed by atoms with E-state index in [1.54, 1.807) is 18.4 Å². The van der Waals surface area contributed by atoms with Crippen LogP contribution in [0.15, 0.2) is 0 Å². The molecular formula is C11H20N2OS. The number of methoxy groups -OCH3 is 1. The first-order valence-corrected chi connectivity index (χ1v) is 6.03. The minimum absolute atomic E-state index is 0.272. The molecule has 0 fully saturated rings. The molecule has 15 heavy (non-hydrogen) atoms. The second kappa shape index (κ2) is 5.05. The van der Waals surface area contributed by atoms with Crippen LogP contribution in [0.3, 0.4) is 0 Å². The molecule has 0 aliphatic carbocycles. The highest BCUT2D eigenvalue weighted by Crippen LogP contribution is 2.22. The zero-order valence-corrected chi connectivity index (χ0v) is 10.8. The smallest absolute Gasteiger partial charge is 0.0950 e. The molecule has 1 aromatic rings. The standard InChI is InChI=1S/C11H20N2OS/c1-5-11(12,7-14-4)6-10-13-8(2)9(3)15-10/h5-7,12H2,1-4H3. The predicted octanol–water partition coefficient (Wildman–Crippen LogP) is 2.06. The topological polar surface area (TPSA) is 48.1 Å². The van der Waals surface area contributed by atoms with Crippen molar-refractivity contribution in [2.24, 2.45) is 5.73 Å². The maximum absolute atomic E-state index is 6.24. The van der Waals surface area contributed by atoms with Crippen LogP contribution < -0.4 is 5.73 Å². The van der Waals surface area contributed by atoms with Gasteiger partial charge in [0.15, 0.2) is 0 Å². The first-order valence-electron chi connectivity index (χ1n) is 5.21. The molecule has 1 heterocycles. The average Bonchev–Trinajstić information content (AvgIpc) is 2.46. The SMILES string of the molecule is CCC(N)(COC)Cc1nc(C)c(C)s1. The quantitative estimate of drug-likeness (QED) is 0.839. The summed E-state index contributed by atoms with van der Waals surface area (Å²) in [6.07, 6.45) is 1.70. The number of hydrogen-bond donors (Lipinski definition) is 1. The number of ether oxygens (including phenoxy) is 1. The van der Waals surface area contributed by atoms with E-state index < -0.39 is 0 Å². The Kier molecular flexibility index (Phi) is 4.25. The lowest BCUT2D eigenvalue weighted by Gasteiger charge is -2.26. The summed E-state index contributed by atoms with van der Waals surface area (Å²) in [4.78, 5) is 5.79. The Bertz CT molecular complexity index is 305. The summed E-state index contributed by atoms with van der Waals surface area (Å²) < 4.78 is 5.16. The second-order valence-electron chi connectivity index (χ2n) is 4.07. The molecule has 1 aromatic heterocycles. The molecule has 1 rings (SSSR count). The lowest BCUT2D eigenvalue weighted by molar-refractivity contribution is 0.129. The third-order valence-electron chi connectivity index (χ3n) is 2.71. The van der Waals surface area contributed by atoms with Crippen LogP contribution in [0.5, 0.6) is 0 Å².